The summed E-state index contributed by atoms with van der Waals surface area (Å²) in [5, 5.41) is 0. The van der Waals surface area contributed by atoms with Crippen LogP contribution in [0.2, 0.25) is 0 Å². The van der Waals surface area contributed by atoms with E-state index in [1.165, 1.54) is 4.90 Å². The summed E-state index contributed by atoms with van der Waals surface area (Å²) in [6.07, 6.45) is 0. The summed E-state index contributed by atoms with van der Waals surface area (Å²) in [4.78, 5) is 28.0. The minimum atomic E-state index is -0.296. The first-order valence-corrected chi connectivity index (χ1v) is 6.71. The van der Waals surface area contributed by atoms with Gasteiger partial charge in [-0.2, -0.15) is 0 Å². The molecule has 6 heteroatoms. The van der Waals surface area contributed by atoms with Crippen LogP contribution in [0.5, 0.6) is 0 Å². The maximum Gasteiger partial charge on any atom is 0.331 e. The van der Waals surface area contributed by atoms with Gasteiger partial charge in [-0.1, -0.05) is 6.07 Å². The van der Waals surface area contributed by atoms with E-state index in [9.17, 15) is 9.59 Å². The lowest BCUT2D eigenvalue weighted by atomic mass is 9.97. The van der Waals surface area contributed by atoms with Crippen LogP contribution in [0.4, 0.5) is 16.2 Å². The van der Waals surface area contributed by atoms with Gasteiger partial charge in [-0.3, -0.25) is 4.79 Å². The molecular weight excluding hydrogens is 258 g/mol. The monoisotopic (exact) mass is 275 g/mol. The molecule has 1 aromatic rings. The van der Waals surface area contributed by atoms with Gasteiger partial charge < -0.3 is 15.4 Å². The minimum Gasteiger partial charge on any atom is -0.399 e. The van der Waals surface area contributed by atoms with Gasteiger partial charge in [0.2, 0.25) is 5.91 Å². The molecule has 2 unspecified atom stereocenters. The third-order valence-electron chi connectivity index (χ3n) is 3.89. The largest absolute Gasteiger partial charge is 0.399 e. The van der Waals surface area contributed by atoms with Crippen molar-refractivity contribution in [3.05, 3.63) is 24.3 Å². The Morgan fingerprint density at radius 2 is 2.15 bits per heavy atom. The highest BCUT2D eigenvalue weighted by Gasteiger charge is 2.49. The van der Waals surface area contributed by atoms with Crippen molar-refractivity contribution >= 4 is 23.3 Å². The Kier molecular flexibility index (Phi) is 3.10. The summed E-state index contributed by atoms with van der Waals surface area (Å²) in [6.45, 7) is 3.25. The van der Waals surface area contributed by atoms with Crippen molar-refractivity contribution < 1.29 is 14.3 Å². The van der Waals surface area contributed by atoms with Crippen molar-refractivity contribution in [2.24, 2.45) is 5.92 Å². The Bertz CT molecular complexity index is 560. The van der Waals surface area contributed by atoms with Crippen LogP contribution in [0.15, 0.2) is 24.3 Å². The first kappa shape index (κ1) is 12.9. The van der Waals surface area contributed by atoms with Gasteiger partial charge >= 0.3 is 6.03 Å². The lowest BCUT2D eigenvalue weighted by Gasteiger charge is -2.40. The van der Waals surface area contributed by atoms with E-state index in [1.54, 1.807) is 29.2 Å². The summed E-state index contributed by atoms with van der Waals surface area (Å²) in [5.41, 5.74) is 6.78. The van der Waals surface area contributed by atoms with Crippen LogP contribution in [0.3, 0.4) is 0 Å². The summed E-state index contributed by atoms with van der Waals surface area (Å²) < 4.78 is 5.38. The molecule has 3 rings (SSSR count). The van der Waals surface area contributed by atoms with E-state index >= 15 is 0 Å². The number of hydrogen-bond acceptors (Lipinski definition) is 4. The van der Waals surface area contributed by atoms with Crippen molar-refractivity contribution in [2.75, 3.05) is 30.4 Å². The second kappa shape index (κ2) is 4.79. The summed E-state index contributed by atoms with van der Waals surface area (Å²) in [5.74, 6) is -0.484. The zero-order valence-corrected chi connectivity index (χ0v) is 11.3. The van der Waals surface area contributed by atoms with Crippen LogP contribution in [0.1, 0.15) is 6.92 Å². The highest BCUT2D eigenvalue weighted by molar-refractivity contribution is 6.17. The van der Waals surface area contributed by atoms with Gasteiger partial charge in [0.15, 0.2) is 0 Å². The van der Waals surface area contributed by atoms with Crippen molar-refractivity contribution in [1.29, 1.82) is 0 Å². The van der Waals surface area contributed by atoms with Gasteiger partial charge in [0.05, 0.1) is 30.9 Å². The Morgan fingerprint density at radius 1 is 1.35 bits per heavy atom. The first-order valence-electron chi connectivity index (χ1n) is 6.71. The molecule has 2 fully saturated rings. The molecule has 2 aliphatic rings. The number of carbonyl (C=O) groups is 2. The molecule has 2 atom stereocenters. The molecule has 20 heavy (non-hydrogen) atoms. The molecule has 2 heterocycles. The third kappa shape index (κ3) is 1.84. The maximum atomic E-state index is 12.6. The van der Waals surface area contributed by atoms with Crippen LogP contribution < -0.4 is 10.6 Å². The number of nitrogens with two attached hydrogens (primary N) is 1. The zero-order valence-electron chi connectivity index (χ0n) is 11.3. The van der Waals surface area contributed by atoms with Gasteiger partial charge in [-0.15, -0.1) is 0 Å². The van der Waals surface area contributed by atoms with E-state index in [0.29, 0.717) is 31.1 Å². The molecule has 0 spiro atoms. The lowest BCUT2D eigenvalue weighted by molar-refractivity contribution is -0.124. The quantitative estimate of drug-likeness (QED) is 0.819. The molecule has 2 N–H and O–H groups in total. The molecule has 6 nitrogen and oxygen atoms in total. The molecule has 106 valence electrons. The van der Waals surface area contributed by atoms with Crippen molar-refractivity contribution in [2.45, 2.75) is 13.0 Å². The number of imide groups is 1. The van der Waals surface area contributed by atoms with E-state index in [2.05, 4.69) is 0 Å². The van der Waals surface area contributed by atoms with Crippen LogP contribution in [0.25, 0.3) is 0 Å². The first-order chi connectivity index (χ1) is 9.63. The number of hydrogen-bond donors (Lipinski definition) is 1. The number of amides is 3. The topological polar surface area (TPSA) is 75.9 Å². The number of urea groups is 1. The molecule has 0 saturated carbocycles. The average molecular weight is 275 g/mol. The molecule has 1 aromatic carbocycles. The number of fused-ring (bicyclic) bond motifs is 1. The number of carbonyl (C=O) groups excluding carboxylic acids is 2. The van der Waals surface area contributed by atoms with Gasteiger partial charge in [-0.05, 0) is 25.1 Å². The van der Waals surface area contributed by atoms with E-state index in [4.69, 9.17) is 10.5 Å². The zero-order chi connectivity index (χ0) is 14.3. The smallest absolute Gasteiger partial charge is 0.331 e. The van der Waals surface area contributed by atoms with E-state index in [1.807, 2.05) is 6.92 Å². The molecular formula is C14H17N3O3. The average Bonchev–Trinajstić information content (AvgIpc) is 2.89. The second-order valence-electron chi connectivity index (χ2n) is 5.05. The van der Waals surface area contributed by atoms with E-state index < -0.39 is 0 Å². The van der Waals surface area contributed by atoms with Crippen LogP contribution in [-0.4, -0.2) is 42.6 Å². The molecule has 0 radical (unpaired) electrons. The van der Waals surface area contributed by atoms with Crippen LogP contribution in [-0.2, 0) is 9.53 Å². The fourth-order valence-corrected chi connectivity index (χ4v) is 2.89. The van der Waals surface area contributed by atoms with E-state index in [0.717, 1.165) is 0 Å². The Hall–Kier alpha value is -2.08. The highest BCUT2D eigenvalue weighted by atomic mass is 16.5. The normalized spacial score (nSPS) is 26.1. The van der Waals surface area contributed by atoms with Crippen molar-refractivity contribution in [1.82, 2.24) is 4.90 Å². The van der Waals surface area contributed by atoms with Gasteiger partial charge in [0, 0.05) is 12.2 Å². The molecule has 0 aromatic heterocycles. The number of nitrogen functional groups attached to an aromatic ring is 1. The van der Waals surface area contributed by atoms with Crippen molar-refractivity contribution in [3.63, 3.8) is 0 Å². The Balaban J connectivity index is 2.01. The second-order valence-corrected chi connectivity index (χ2v) is 5.05. The predicted octanol–water partition coefficient (Wildman–Crippen LogP) is 1.07. The highest BCUT2D eigenvalue weighted by Crippen LogP contribution is 2.31. The number of ether oxygens (including phenoxy) is 1. The summed E-state index contributed by atoms with van der Waals surface area (Å²) in [7, 11) is 0. The number of anilines is 2. The fourth-order valence-electron chi connectivity index (χ4n) is 2.89. The van der Waals surface area contributed by atoms with Crippen molar-refractivity contribution in [3.8, 4) is 0 Å². The number of nitrogens with zero attached hydrogens (tertiary/aromatic N) is 2. The SMILES string of the molecule is CCN1C(=O)N(c2cccc(N)c2)C(=O)C2COCC21. The van der Waals surface area contributed by atoms with Crippen LogP contribution in [0, 0.1) is 5.92 Å². The molecule has 0 bridgehead atoms. The number of likely N-dealkylation sites (N-methyl/N-ethyl adjacent to an activating group) is 1. The third-order valence-corrected chi connectivity index (χ3v) is 3.89. The summed E-state index contributed by atoms with van der Waals surface area (Å²) >= 11 is 0. The maximum absolute atomic E-state index is 12.6. The van der Waals surface area contributed by atoms with Gasteiger partial charge in [0.25, 0.3) is 0 Å². The fraction of sp³-hybridized carbons (Fsp3) is 0.429. The molecule has 2 aliphatic heterocycles. The minimum absolute atomic E-state index is 0.141. The molecule has 2 saturated heterocycles. The predicted molar refractivity (Wildman–Crippen MR) is 74.2 cm³/mol. The standard InChI is InChI=1S/C14H17N3O3/c1-2-16-12-8-20-7-11(12)13(18)17(14(16)19)10-5-3-4-9(15)6-10/h3-6,11-12H,2,7-8,15H2,1H3. The Morgan fingerprint density at radius 3 is 2.85 bits per heavy atom. The van der Waals surface area contributed by atoms with Crippen LogP contribution >= 0.6 is 0 Å². The molecule has 0 aliphatic carbocycles. The number of rotatable bonds is 2. The van der Waals surface area contributed by atoms with E-state index in [-0.39, 0.29) is 23.9 Å². The lowest BCUT2D eigenvalue weighted by Crippen LogP contribution is -2.61. The summed E-state index contributed by atoms with van der Waals surface area (Å²) in [6, 6.07) is 6.38. The molecule has 3 amide bonds. The van der Waals surface area contributed by atoms with Gasteiger partial charge in [-0.25, -0.2) is 9.69 Å². The van der Waals surface area contributed by atoms with Gasteiger partial charge in [0.1, 0.15) is 0 Å². The Labute approximate surface area is 117 Å². The number of benzene rings is 1.